The number of hydrogen-bond acceptors (Lipinski definition) is 5. The van der Waals surface area contributed by atoms with Gasteiger partial charge in [-0.05, 0) is 12.1 Å². The lowest BCUT2D eigenvalue weighted by molar-refractivity contribution is -0.138. The number of aryl methyl sites for hydroxylation is 1. The lowest BCUT2D eigenvalue weighted by atomic mass is 10.3. The summed E-state index contributed by atoms with van der Waals surface area (Å²) in [6, 6.07) is 7.22. The number of para-hydroxylation sites is 2. The molecule has 2 heterocycles. The Morgan fingerprint density at radius 2 is 1.92 bits per heavy atom. The number of aromatic nitrogens is 5. The quantitative estimate of drug-likeness (QED) is 0.611. The third-order valence-electron chi connectivity index (χ3n) is 3.70. The van der Waals surface area contributed by atoms with Crippen molar-refractivity contribution in [2.24, 2.45) is 7.05 Å². The lowest BCUT2D eigenvalue weighted by Crippen LogP contribution is -2.32. The van der Waals surface area contributed by atoms with Crippen molar-refractivity contribution in [2.75, 3.05) is 0 Å². The molecule has 0 unspecified atom stereocenters. The highest BCUT2D eigenvalue weighted by Gasteiger charge is 2.13. The number of aliphatic carboxylic acids is 1. The summed E-state index contributed by atoms with van der Waals surface area (Å²) in [6.07, 6.45) is 1.44. The maximum absolute atomic E-state index is 12.3. The van der Waals surface area contributed by atoms with Gasteiger partial charge in [-0.2, -0.15) is 0 Å². The molecule has 0 spiro atoms. The summed E-state index contributed by atoms with van der Waals surface area (Å²) in [4.78, 5) is 35.0. The van der Waals surface area contributed by atoms with Crippen molar-refractivity contribution in [3.05, 3.63) is 46.6 Å². The van der Waals surface area contributed by atoms with Gasteiger partial charge in [0.1, 0.15) is 18.8 Å². The zero-order valence-electron chi connectivity index (χ0n) is 13.4. The average Bonchev–Trinajstić information content (AvgIpc) is 3.11. The fourth-order valence-corrected chi connectivity index (χ4v) is 2.54. The van der Waals surface area contributed by atoms with E-state index in [1.54, 1.807) is 19.2 Å². The third kappa shape index (κ3) is 3.42. The summed E-state index contributed by atoms with van der Waals surface area (Å²) >= 11 is 0. The molecule has 10 heteroatoms. The maximum Gasteiger partial charge on any atom is 0.329 e. The molecule has 130 valence electrons. The van der Waals surface area contributed by atoms with Crippen LogP contribution in [-0.2, 0) is 36.3 Å². The molecule has 25 heavy (non-hydrogen) atoms. The number of benzene rings is 1. The number of carbonyl (C=O) groups excluding carboxylic acids is 1. The summed E-state index contributed by atoms with van der Waals surface area (Å²) in [7, 11) is 1.65. The standard InChI is InChI=1S/C15H16N6O4/c1-19-11-4-2-3-5-12(11)21(15(19)25)8-13(22)16-6-10-7-20(18-17-10)9-14(23)24/h2-5,7H,6,8-9H2,1H3,(H,16,22)(H,23,24). The fourth-order valence-electron chi connectivity index (χ4n) is 2.54. The molecule has 0 aliphatic rings. The van der Waals surface area contributed by atoms with E-state index in [1.165, 1.54) is 20.0 Å². The van der Waals surface area contributed by atoms with Crippen molar-refractivity contribution in [3.63, 3.8) is 0 Å². The Morgan fingerprint density at radius 1 is 1.20 bits per heavy atom. The van der Waals surface area contributed by atoms with Crippen LogP contribution in [0, 0.1) is 0 Å². The number of nitrogens with zero attached hydrogens (tertiary/aromatic N) is 5. The molecule has 0 aliphatic carbocycles. The first kappa shape index (κ1) is 16.4. The minimum atomic E-state index is -1.03. The predicted molar refractivity (Wildman–Crippen MR) is 86.7 cm³/mol. The molecular weight excluding hydrogens is 328 g/mol. The van der Waals surface area contributed by atoms with E-state index in [2.05, 4.69) is 15.6 Å². The van der Waals surface area contributed by atoms with Crippen LogP contribution in [0.15, 0.2) is 35.3 Å². The van der Waals surface area contributed by atoms with Gasteiger partial charge < -0.3 is 10.4 Å². The van der Waals surface area contributed by atoms with E-state index in [-0.39, 0.29) is 31.2 Å². The van der Waals surface area contributed by atoms with Crippen LogP contribution in [-0.4, -0.2) is 41.1 Å². The van der Waals surface area contributed by atoms with Crippen molar-refractivity contribution in [1.29, 1.82) is 0 Å². The summed E-state index contributed by atoms with van der Waals surface area (Å²) in [5.74, 6) is -1.39. The second kappa shape index (κ2) is 6.59. The van der Waals surface area contributed by atoms with Gasteiger partial charge in [-0.25, -0.2) is 9.48 Å². The number of rotatable bonds is 6. The number of carbonyl (C=O) groups is 2. The van der Waals surface area contributed by atoms with E-state index in [1.807, 2.05) is 12.1 Å². The molecule has 0 saturated carbocycles. The van der Waals surface area contributed by atoms with Crippen LogP contribution in [0.3, 0.4) is 0 Å². The van der Waals surface area contributed by atoms with Gasteiger partial charge in [0.25, 0.3) is 0 Å². The van der Waals surface area contributed by atoms with Crippen molar-refractivity contribution in [1.82, 2.24) is 29.4 Å². The molecule has 1 amide bonds. The molecule has 10 nitrogen and oxygen atoms in total. The number of nitrogens with one attached hydrogen (secondary N) is 1. The minimum absolute atomic E-state index is 0.0952. The molecular formula is C15H16N6O4. The van der Waals surface area contributed by atoms with Crippen molar-refractivity contribution < 1.29 is 14.7 Å². The molecule has 0 bridgehead atoms. The van der Waals surface area contributed by atoms with Gasteiger partial charge >= 0.3 is 11.7 Å². The molecule has 0 fully saturated rings. The van der Waals surface area contributed by atoms with Crippen LogP contribution in [0.1, 0.15) is 5.69 Å². The van der Waals surface area contributed by atoms with Crippen LogP contribution < -0.4 is 11.0 Å². The Kier molecular flexibility index (Phi) is 4.33. The lowest BCUT2D eigenvalue weighted by Gasteiger charge is -2.04. The van der Waals surface area contributed by atoms with Gasteiger partial charge in [0.15, 0.2) is 0 Å². The van der Waals surface area contributed by atoms with Gasteiger partial charge in [-0.3, -0.25) is 18.7 Å². The monoisotopic (exact) mass is 344 g/mol. The summed E-state index contributed by atoms with van der Waals surface area (Å²) in [5, 5.41) is 18.8. The van der Waals surface area contributed by atoms with E-state index >= 15 is 0 Å². The summed E-state index contributed by atoms with van der Waals surface area (Å²) in [6.45, 7) is -0.326. The number of imidazole rings is 1. The highest BCUT2D eigenvalue weighted by Crippen LogP contribution is 2.11. The highest BCUT2D eigenvalue weighted by molar-refractivity contribution is 5.80. The zero-order chi connectivity index (χ0) is 18.0. The molecule has 2 N–H and O–H groups in total. The Hall–Kier alpha value is -3.43. The number of amides is 1. The molecule has 0 aliphatic heterocycles. The van der Waals surface area contributed by atoms with E-state index in [0.29, 0.717) is 11.2 Å². The van der Waals surface area contributed by atoms with Gasteiger partial charge in [0.05, 0.1) is 23.8 Å². The molecule has 0 atom stereocenters. The largest absolute Gasteiger partial charge is 0.480 e. The van der Waals surface area contributed by atoms with Gasteiger partial charge in [-0.15, -0.1) is 5.10 Å². The number of hydrogen-bond donors (Lipinski definition) is 2. The number of carboxylic acid groups (broad SMARTS) is 1. The number of fused-ring (bicyclic) bond motifs is 1. The fraction of sp³-hybridized carbons (Fsp3) is 0.267. The Morgan fingerprint density at radius 3 is 2.64 bits per heavy atom. The second-order valence-corrected chi connectivity index (χ2v) is 5.49. The molecule has 0 saturated heterocycles. The zero-order valence-corrected chi connectivity index (χ0v) is 13.4. The van der Waals surface area contributed by atoms with Crippen molar-refractivity contribution in [3.8, 4) is 0 Å². The van der Waals surface area contributed by atoms with E-state index in [9.17, 15) is 14.4 Å². The molecule has 3 aromatic rings. The van der Waals surface area contributed by atoms with Gasteiger partial charge in [-0.1, -0.05) is 17.3 Å². The van der Waals surface area contributed by atoms with E-state index < -0.39 is 5.97 Å². The Labute approximate surface area is 141 Å². The third-order valence-corrected chi connectivity index (χ3v) is 3.70. The first-order valence-electron chi connectivity index (χ1n) is 7.47. The smallest absolute Gasteiger partial charge is 0.329 e. The normalized spacial score (nSPS) is 10.9. The van der Waals surface area contributed by atoms with E-state index in [0.717, 1.165) is 5.52 Å². The predicted octanol–water partition coefficient (Wildman–Crippen LogP) is -0.667. The van der Waals surface area contributed by atoms with Crippen molar-refractivity contribution >= 4 is 22.9 Å². The van der Waals surface area contributed by atoms with Crippen LogP contribution >= 0.6 is 0 Å². The molecule has 3 rings (SSSR count). The summed E-state index contributed by atoms with van der Waals surface area (Å²) < 4.78 is 4.05. The summed E-state index contributed by atoms with van der Waals surface area (Å²) in [5.41, 5.74) is 1.58. The Bertz CT molecular complexity index is 999. The highest BCUT2D eigenvalue weighted by atomic mass is 16.4. The van der Waals surface area contributed by atoms with E-state index in [4.69, 9.17) is 5.11 Å². The van der Waals surface area contributed by atoms with Gasteiger partial charge in [0, 0.05) is 7.05 Å². The van der Waals surface area contributed by atoms with Crippen LogP contribution in [0.2, 0.25) is 0 Å². The topological polar surface area (TPSA) is 124 Å². The first-order chi connectivity index (χ1) is 12.0. The number of carboxylic acids is 1. The minimum Gasteiger partial charge on any atom is -0.480 e. The molecule has 0 radical (unpaired) electrons. The second-order valence-electron chi connectivity index (χ2n) is 5.49. The van der Waals surface area contributed by atoms with Crippen LogP contribution in [0.25, 0.3) is 11.0 Å². The maximum atomic E-state index is 12.3. The molecule has 2 aromatic heterocycles. The molecule has 1 aromatic carbocycles. The van der Waals surface area contributed by atoms with Crippen molar-refractivity contribution in [2.45, 2.75) is 19.6 Å². The SMILES string of the molecule is Cn1c(=O)n(CC(=O)NCc2cn(CC(=O)O)nn2)c2ccccc21. The van der Waals surface area contributed by atoms with Crippen LogP contribution in [0.4, 0.5) is 0 Å². The van der Waals surface area contributed by atoms with Gasteiger partial charge in [0.2, 0.25) is 5.91 Å². The average molecular weight is 344 g/mol. The first-order valence-corrected chi connectivity index (χ1v) is 7.47. The van der Waals surface area contributed by atoms with Crippen LogP contribution in [0.5, 0.6) is 0 Å². The Balaban J connectivity index is 1.67.